The van der Waals surface area contributed by atoms with E-state index in [1.807, 2.05) is 61.5 Å². The molecule has 106 valence electrons. The van der Waals surface area contributed by atoms with E-state index in [-0.39, 0.29) is 5.75 Å². The molecule has 20 heavy (non-hydrogen) atoms. The zero-order valence-electron chi connectivity index (χ0n) is 11.8. The maximum atomic E-state index is 12.3. The molecule has 0 heterocycles. The first kappa shape index (κ1) is 14.8. The topological polar surface area (TPSA) is 37.4 Å². The van der Waals surface area contributed by atoms with Gasteiger partial charge in [0.25, 0.3) is 0 Å². The van der Waals surface area contributed by atoms with E-state index < -0.39 is 10.0 Å². The Bertz CT molecular complexity index is 666. The third-order valence-electron chi connectivity index (χ3n) is 3.15. The first-order chi connectivity index (χ1) is 9.47. The van der Waals surface area contributed by atoms with Crippen molar-refractivity contribution in [2.24, 2.45) is 0 Å². The summed E-state index contributed by atoms with van der Waals surface area (Å²) in [7, 11) is -1.67. The molecule has 0 aliphatic carbocycles. The summed E-state index contributed by atoms with van der Waals surface area (Å²) in [6, 6.07) is 17.2. The molecule has 0 fully saturated rings. The van der Waals surface area contributed by atoms with Gasteiger partial charge in [-0.3, -0.25) is 0 Å². The van der Waals surface area contributed by atoms with Gasteiger partial charge in [0, 0.05) is 13.6 Å². The molecule has 0 spiro atoms. The summed E-state index contributed by atoms with van der Waals surface area (Å²) in [5.74, 6) is 0.0397. The zero-order valence-corrected chi connectivity index (χ0v) is 12.6. The maximum absolute atomic E-state index is 12.3. The largest absolute Gasteiger partial charge is 0.218 e. The third-order valence-corrected chi connectivity index (χ3v) is 4.93. The second-order valence-electron chi connectivity index (χ2n) is 4.99. The lowest BCUT2D eigenvalue weighted by Crippen LogP contribution is -2.27. The van der Waals surface area contributed by atoms with E-state index in [1.54, 1.807) is 7.05 Å². The van der Waals surface area contributed by atoms with Gasteiger partial charge >= 0.3 is 0 Å². The van der Waals surface area contributed by atoms with Gasteiger partial charge < -0.3 is 0 Å². The van der Waals surface area contributed by atoms with Crippen LogP contribution in [0.25, 0.3) is 0 Å². The molecule has 0 aliphatic rings. The van der Waals surface area contributed by atoms with Crippen LogP contribution in [0, 0.1) is 6.92 Å². The Morgan fingerprint density at radius 1 is 0.950 bits per heavy atom. The van der Waals surface area contributed by atoms with Crippen LogP contribution in [0.5, 0.6) is 0 Å². The van der Waals surface area contributed by atoms with Gasteiger partial charge in [0.2, 0.25) is 10.0 Å². The van der Waals surface area contributed by atoms with Crippen LogP contribution < -0.4 is 0 Å². The van der Waals surface area contributed by atoms with Crippen LogP contribution in [0.15, 0.2) is 54.6 Å². The van der Waals surface area contributed by atoms with Crippen molar-refractivity contribution in [2.45, 2.75) is 19.2 Å². The fourth-order valence-corrected chi connectivity index (χ4v) is 3.23. The maximum Gasteiger partial charge on any atom is 0.218 e. The predicted molar refractivity (Wildman–Crippen MR) is 81.7 cm³/mol. The first-order valence-corrected chi connectivity index (χ1v) is 8.12. The number of sulfonamides is 1. The summed E-state index contributed by atoms with van der Waals surface area (Å²) in [5.41, 5.74) is 2.89. The summed E-state index contributed by atoms with van der Waals surface area (Å²) < 4.78 is 26.1. The van der Waals surface area contributed by atoms with Crippen LogP contribution >= 0.6 is 0 Å². The van der Waals surface area contributed by atoms with Gasteiger partial charge in [0.15, 0.2) is 0 Å². The van der Waals surface area contributed by atoms with Gasteiger partial charge in [-0.15, -0.1) is 0 Å². The van der Waals surface area contributed by atoms with Crippen LogP contribution in [0.1, 0.15) is 16.7 Å². The van der Waals surface area contributed by atoms with E-state index >= 15 is 0 Å². The molecule has 3 nitrogen and oxygen atoms in total. The van der Waals surface area contributed by atoms with Crippen molar-refractivity contribution in [3.8, 4) is 0 Å². The normalized spacial score (nSPS) is 11.8. The van der Waals surface area contributed by atoms with Crippen molar-refractivity contribution in [3.63, 3.8) is 0 Å². The smallest absolute Gasteiger partial charge is 0.212 e. The fraction of sp³-hybridized carbons (Fsp3) is 0.250. The number of hydrogen-bond acceptors (Lipinski definition) is 2. The van der Waals surface area contributed by atoms with Gasteiger partial charge in [-0.05, 0) is 18.1 Å². The van der Waals surface area contributed by atoms with Crippen LogP contribution in [0.3, 0.4) is 0 Å². The van der Waals surface area contributed by atoms with E-state index in [4.69, 9.17) is 0 Å². The highest BCUT2D eigenvalue weighted by Crippen LogP contribution is 2.13. The van der Waals surface area contributed by atoms with Crippen molar-refractivity contribution in [1.82, 2.24) is 4.31 Å². The molecule has 0 atom stereocenters. The van der Waals surface area contributed by atoms with E-state index in [0.29, 0.717) is 6.54 Å². The summed E-state index contributed by atoms with van der Waals surface area (Å²) in [5, 5.41) is 0. The second kappa shape index (κ2) is 6.20. The third kappa shape index (κ3) is 3.92. The first-order valence-electron chi connectivity index (χ1n) is 6.51. The minimum atomic E-state index is -3.29. The van der Waals surface area contributed by atoms with Crippen LogP contribution in [0.4, 0.5) is 0 Å². The van der Waals surface area contributed by atoms with E-state index in [9.17, 15) is 8.42 Å². The van der Waals surface area contributed by atoms with E-state index in [0.717, 1.165) is 16.7 Å². The van der Waals surface area contributed by atoms with Crippen LogP contribution in [0.2, 0.25) is 0 Å². The highest BCUT2D eigenvalue weighted by atomic mass is 32.2. The summed E-state index contributed by atoms with van der Waals surface area (Å²) in [6.45, 7) is 2.36. The molecule has 2 aromatic carbocycles. The molecular weight excluding hydrogens is 270 g/mol. The molecule has 0 saturated carbocycles. The second-order valence-corrected chi connectivity index (χ2v) is 7.06. The number of benzene rings is 2. The van der Waals surface area contributed by atoms with Gasteiger partial charge in [0.1, 0.15) is 0 Å². The SMILES string of the molecule is Cc1cccc(CS(=O)(=O)N(C)Cc2ccccc2)c1. The van der Waals surface area contributed by atoms with Gasteiger partial charge in [-0.2, -0.15) is 0 Å². The molecule has 0 unspecified atom stereocenters. The summed E-state index contributed by atoms with van der Waals surface area (Å²) in [6.07, 6.45) is 0. The number of nitrogens with zero attached hydrogens (tertiary/aromatic N) is 1. The Balaban J connectivity index is 2.10. The minimum Gasteiger partial charge on any atom is -0.212 e. The molecule has 0 radical (unpaired) electrons. The lowest BCUT2D eigenvalue weighted by atomic mass is 10.2. The van der Waals surface area contributed by atoms with Crippen LogP contribution in [-0.2, 0) is 22.3 Å². The van der Waals surface area contributed by atoms with Crippen LogP contribution in [-0.4, -0.2) is 19.8 Å². The Labute approximate surface area is 120 Å². The van der Waals surface area contributed by atoms with Gasteiger partial charge in [0.05, 0.1) is 5.75 Å². The quantitative estimate of drug-likeness (QED) is 0.848. The fourth-order valence-electron chi connectivity index (χ4n) is 2.06. The summed E-state index contributed by atoms with van der Waals surface area (Å²) >= 11 is 0. The van der Waals surface area contributed by atoms with Gasteiger partial charge in [-0.25, -0.2) is 12.7 Å². The average molecular weight is 289 g/mol. The van der Waals surface area contributed by atoms with Crippen molar-refractivity contribution in [2.75, 3.05) is 7.05 Å². The molecule has 0 bridgehead atoms. The van der Waals surface area contributed by atoms with E-state index in [2.05, 4.69) is 0 Å². The molecule has 0 saturated heterocycles. The molecule has 0 aliphatic heterocycles. The van der Waals surface area contributed by atoms with Crippen molar-refractivity contribution < 1.29 is 8.42 Å². The molecule has 4 heteroatoms. The van der Waals surface area contributed by atoms with Crippen molar-refractivity contribution >= 4 is 10.0 Å². The highest BCUT2D eigenvalue weighted by Gasteiger charge is 2.18. The Morgan fingerprint density at radius 2 is 1.60 bits per heavy atom. The average Bonchev–Trinajstić information content (AvgIpc) is 2.39. The lowest BCUT2D eigenvalue weighted by molar-refractivity contribution is 0.466. The predicted octanol–water partition coefficient (Wildman–Crippen LogP) is 2.96. The standard InChI is InChI=1S/C16H19NO2S/c1-14-7-6-10-16(11-14)13-20(18,19)17(2)12-15-8-4-3-5-9-15/h3-11H,12-13H2,1-2H3. The Hall–Kier alpha value is -1.65. The zero-order chi connectivity index (χ0) is 14.6. The summed E-state index contributed by atoms with van der Waals surface area (Å²) in [4.78, 5) is 0. The minimum absolute atomic E-state index is 0.0397. The van der Waals surface area contributed by atoms with Crippen molar-refractivity contribution in [1.29, 1.82) is 0 Å². The van der Waals surface area contributed by atoms with Crippen molar-refractivity contribution in [3.05, 3.63) is 71.3 Å². The molecule has 0 N–H and O–H groups in total. The van der Waals surface area contributed by atoms with Gasteiger partial charge in [-0.1, -0.05) is 60.2 Å². The molecule has 2 rings (SSSR count). The highest BCUT2D eigenvalue weighted by molar-refractivity contribution is 7.88. The van der Waals surface area contributed by atoms with E-state index in [1.165, 1.54) is 4.31 Å². The molecule has 0 amide bonds. The molecular formula is C16H19NO2S. The lowest BCUT2D eigenvalue weighted by Gasteiger charge is -2.17. The number of hydrogen-bond donors (Lipinski definition) is 0. The number of rotatable bonds is 5. The Kier molecular flexibility index (Phi) is 4.57. The molecule has 0 aromatic heterocycles. The molecule has 2 aromatic rings. The number of aryl methyl sites for hydroxylation is 1. The Morgan fingerprint density at radius 3 is 2.25 bits per heavy atom. The monoisotopic (exact) mass is 289 g/mol.